The average molecular weight is 230 g/mol. The maximum Gasteiger partial charge on any atom is 0.234 e. The van der Waals surface area contributed by atoms with Crippen LogP contribution in [0.5, 0.6) is 0 Å². The minimum Gasteiger partial charge on any atom is -0.350 e. The third kappa shape index (κ3) is 4.28. The molecular formula is C14H18N2O. The van der Waals surface area contributed by atoms with Crippen molar-refractivity contribution in [3.8, 4) is 6.07 Å². The van der Waals surface area contributed by atoms with Crippen LogP contribution in [0.15, 0.2) is 24.3 Å². The first kappa shape index (κ1) is 13.2. The molecule has 3 nitrogen and oxygen atoms in total. The van der Waals surface area contributed by atoms with Gasteiger partial charge in [-0.15, -0.1) is 0 Å². The standard InChI is InChI=1S/C14H18N2O/c1-11-6-4-5-7-12(11)10-14(2,3)16-13(17)8-9-15/h4-7H,8,10H2,1-3H3,(H,16,17). The average Bonchev–Trinajstić information content (AvgIpc) is 2.20. The third-order valence-electron chi connectivity index (χ3n) is 2.61. The quantitative estimate of drug-likeness (QED) is 0.863. The molecule has 1 amide bonds. The van der Waals surface area contributed by atoms with Crippen molar-refractivity contribution in [1.82, 2.24) is 5.32 Å². The molecule has 1 aromatic rings. The van der Waals surface area contributed by atoms with Crippen molar-refractivity contribution in [2.24, 2.45) is 0 Å². The highest BCUT2D eigenvalue weighted by Gasteiger charge is 2.21. The van der Waals surface area contributed by atoms with Crippen LogP contribution in [0.2, 0.25) is 0 Å². The summed E-state index contributed by atoms with van der Waals surface area (Å²) in [5, 5.41) is 11.3. The van der Waals surface area contributed by atoms with Gasteiger partial charge in [-0.05, 0) is 38.3 Å². The lowest BCUT2D eigenvalue weighted by Crippen LogP contribution is -2.45. The summed E-state index contributed by atoms with van der Waals surface area (Å²) in [5.41, 5.74) is 2.10. The van der Waals surface area contributed by atoms with E-state index in [9.17, 15) is 4.79 Å². The van der Waals surface area contributed by atoms with Gasteiger partial charge in [0.2, 0.25) is 5.91 Å². The number of carbonyl (C=O) groups is 1. The van der Waals surface area contributed by atoms with E-state index in [0.29, 0.717) is 0 Å². The Hall–Kier alpha value is -1.82. The van der Waals surface area contributed by atoms with E-state index >= 15 is 0 Å². The van der Waals surface area contributed by atoms with Crippen molar-refractivity contribution in [3.05, 3.63) is 35.4 Å². The molecule has 0 bridgehead atoms. The van der Waals surface area contributed by atoms with Crippen LogP contribution in [0.3, 0.4) is 0 Å². The molecule has 0 aliphatic carbocycles. The number of amides is 1. The van der Waals surface area contributed by atoms with Crippen LogP contribution in [0, 0.1) is 18.3 Å². The SMILES string of the molecule is Cc1ccccc1CC(C)(C)NC(=O)CC#N. The highest BCUT2D eigenvalue weighted by Crippen LogP contribution is 2.16. The largest absolute Gasteiger partial charge is 0.350 e. The molecule has 1 aromatic carbocycles. The summed E-state index contributed by atoms with van der Waals surface area (Å²) in [6.07, 6.45) is 0.675. The van der Waals surface area contributed by atoms with Gasteiger partial charge in [-0.3, -0.25) is 4.79 Å². The van der Waals surface area contributed by atoms with Crippen LogP contribution in [-0.4, -0.2) is 11.4 Å². The van der Waals surface area contributed by atoms with Crippen LogP contribution in [0.4, 0.5) is 0 Å². The predicted molar refractivity (Wildman–Crippen MR) is 67.3 cm³/mol. The molecule has 0 radical (unpaired) electrons. The fraction of sp³-hybridized carbons (Fsp3) is 0.429. The predicted octanol–water partition coefficient (Wildman–Crippen LogP) is 2.35. The van der Waals surface area contributed by atoms with Crippen molar-refractivity contribution < 1.29 is 4.79 Å². The molecule has 0 atom stereocenters. The van der Waals surface area contributed by atoms with Gasteiger partial charge in [0.25, 0.3) is 0 Å². The van der Waals surface area contributed by atoms with Gasteiger partial charge in [0.05, 0.1) is 6.07 Å². The number of nitrogens with zero attached hydrogens (tertiary/aromatic N) is 1. The van der Waals surface area contributed by atoms with Crippen LogP contribution >= 0.6 is 0 Å². The fourth-order valence-electron chi connectivity index (χ4n) is 1.82. The lowest BCUT2D eigenvalue weighted by Gasteiger charge is -2.26. The van der Waals surface area contributed by atoms with E-state index in [1.165, 1.54) is 11.1 Å². The summed E-state index contributed by atoms with van der Waals surface area (Å²) in [4.78, 5) is 11.4. The Kier molecular flexibility index (Phi) is 4.28. The molecule has 0 fully saturated rings. The van der Waals surface area contributed by atoms with Gasteiger partial charge in [-0.1, -0.05) is 24.3 Å². The molecule has 17 heavy (non-hydrogen) atoms. The number of aryl methyl sites for hydroxylation is 1. The van der Waals surface area contributed by atoms with Gasteiger partial charge in [0, 0.05) is 5.54 Å². The highest BCUT2D eigenvalue weighted by molar-refractivity contribution is 5.78. The van der Waals surface area contributed by atoms with Crippen LogP contribution in [0.25, 0.3) is 0 Å². The lowest BCUT2D eigenvalue weighted by molar-refractivity contribution is -0.121. The smallest absolute Gasteiger partial charge is 0.234 e. The number of hydrogen-bond donors (Lipinski definition) is 1. The van der Waals surface area contributed by atoms with E-state index in [0.717, 1.165) is 6.42 Å². The molecule has 0 aliphatic rings. The number of nitrogens with one attached hydrogen (secondary N) is 1. The van der Waals surface area contributed by atoms with E-state index in [-0.39, 0.29) is 17.9 Å². The summed E-state index contributed by atoms with van der Waals surface area (Å²) >= 11 is 0. The van der Waals surface area contributed by atoms with Gasteiger partial charge in [-0.2, -0.15) is 5.26 Å². The number of benzene rings is 1. The second-order valence-corrected chi connectivity index (χ2v) is 4.87. The lowest BCUT2D eigenvalue weighted by atomic mass is 9.92. The van der Waals surface area contributed by atoms with Crippen LogP contribution in [-0.2, 0) is 11.2 Å². The van der Waals surface area contributed by atoms with Crippen LogP contribution < -0.4 is 5.32 Å². The van der Waals surface area contributed by atoms with E-state index < -0.39 is 0 Å². The Labute approximate surface area is 102 Å². The molecule has 0 saturated carbocycles. The van der Waals surface area contributed by atoms with E-state index in [4.69, 9.17) is 5.26 Å². The van der Waals surface area contributed by atoms with E-state index in [1.54, 1.807) is 0 Å². The Balaban J connectivity index is 2.70. The minimum absolute atomic E-state index is 0.0861. The molecule has 3 heteroatoms. The monoisotopic (exact) mass is 230 g/mol. The topological polar surface area (TPSA) is 52.9 Å². The summed E-state index contributed by atoms with van der Waals surface area (Å²) in [5.74, 6) is -0.217. The van der Waals surface area contributed by atoms with Gasteiger partial charge < -0.3 is 5.32 Å². The molecule has 0 spiro atoms. The summed E-state index contributed by atoms with van der Waals surface area (Å²) in [6.45, 7) is 5.99. The Bertz CT molecular complexity index is 444. The number of carbonyl (C=O) groups excluding carboxylic acids is 1. The molecule has 90 valence electrons. The molecule has 0 saturated heterocycles. The maximum absolute atomic E-state index is 11.4. The molecule has 0 heterocycles. The third-order valence-corrected chi connectivity index (χ3v) is 2.61. The molecule has 0 unspecified atom stereocenters. The van der Waals surface area contributed by atoms with E-state index in [1.807, 2.05) is 32.0 Å². The molecular weight excluding hydrogens is 212 g/mol. The number of rotatable bonds is 4. The van der Waals surface area contributed by atoms with Crippen molar-refractivity contribution in [3.63, 3.8) is 0 Å². The van der Waals surface area contributed by atoms with E-state index in [2.05, 4.69) is 24.4 Å². The summed E-state index contributed by atoms with van der Waals surface area (Å²) in [6, 6.07) is 9.97. The second-order valence-electron chi connectivity index (χ2n) is 4.87. The summed E-state index contributed by atoms with van der Waals surface area (Å²) < 4.78 is 0. The van der Waals surface area contributed by atoms with Gasteiger partial charge in [0.15, 0.2) is 0 Å². The first-order chi connectivity index (χ1) is 7.94. The fourth-order valence-corrected chi connectivity index (χ4v) is 1.82. The molecule has 1 rings (SSSR count). The van der Waals surface area contributed by atoms with Gasteiger partial charge in [-0.25, -0.2) is 0 Å². The van der Waals surface area contributed by atoms with Crippen molar-refractivity contribution in [1.29, 1.82) is 5.26 Å². The zero-order valence-electron chi connectivity index (χ0n) is 10.6. The zero-order valence-corrected chi connectivity index (χ0v) is 10.6. The number of nitriles is 1. The molecule has 0 aromatic heterocycles. The maximum atomic E-state index is 11.4. The minimum atomic E-state index is -0.333. The molecule has 1 N–H and O–H groups in total. The summed E-state index contributed by atoms with van der Waals surface area (Å²) in [7, 11) is 0. The molecule has 0 aliphatic heterocycles. The number of hydrogen-bond acceptors (Lipinski definition) is 2. The first-order valence-electron chi connectivity index (χ1n) is 5.67. The normalized spacial score (nSPS) is 10.7. The van der Waals surface area contributed by atoms with Gasteiger partial charge >= 0.3 is 0 Å². The Morgan fingerprint density at radius 3 is 2.65 bits per heavy atom. The van der Waals surface area contributed by atoms with Crippen molar-refractivity contribution in [2.75, 3.05) is 0 Å². The van der Waals surface area contributed by atoms with Gasteiger partial charge in [0.1, 0.15) is 6.42 Å². The zero-order chi connectivity index (χ0) is 12.9. The first-order valence-corrected chi connectivity index (χ1v) is 5.67. The Morgan fingerprint density at radius 2 is 2.06 bits per heavy atom. The van der Waals surface area contributed by atoms with Crippen molar-refractivity contribution in [2.45, 2.75) is 39.2 Å². The van der Waals surface area contributed by atoms with Crippen LogP contribution in [0.1, 0.15) is 31.4 Å². The highest BCUT2D eigenvalue weighted by atomic mass is 16.1. The van der Waals surface area contributed by atoms with Crippen molar-refractivity contribution >= 4 is 5.91 Å². The second kappa shape index (κ2) is 5.49. The Morgan fingerprint density at radius 1 is 1.41 bits per heavy atom.